The summed E-state index contributed by atoms with van der Waals surface area (Å²) in [5.74, 6) is 1.26. The van der Waals surface area contributed by atoms with Crippen molar-refractivity contribution in [3.05, 3.63) is 58.9 Å². The quantitative estimate of drug-likeness (QED) is 0.687. The summed E-state index contributed by atoms with van der Waals surface area (Å²) in [6, 6.07) is 11.2. The molecule has 3 heterocycles. The van der Waals surface area contributed by atoms with Crippen molar-refractivity contribution in [3.8, 4) is 0 Å². The van der Waals surface area contributed by atoms with Crippen LogP contribution in [0.1, 0.15) is 24.2 Å². The summed E-state index contributed by atoms with van der Waals surface area (Å²) in [5, 5.41) is 16.3. The standard InChI is InChI=1S/C19H19ClN6O/c20-15-6-2-1-5-14(15)7-10-19(27)21-13-18-23-22-16-8-9-17(24-26(16)18)25-11-3-4-12-25/h1-2,5-10H,3-4,11-13H2,(H,21,27)/b10-7+. The van der Waals surface area contributed by atoms with Crippen molar-refractivity contribution in [3.63, 3.8) is 0 Å². The Kier molecular flexibility index (Phi) is 5.02. The fraction of sp³-hybridized carbons (Fsp3) is 0.263. The van der Waals surface area contributed by atoms with Crippen molar-refractivity contribution >= 4 is 35.0 Å². The molecule has 0 bridgehead atoms. The second-order valence-corrected chi connectivity index (χ2v) is 6.75. The Bertz CT molecular complexity index is 993. The average molecular weight is 383 g/mol. The monoisotopic (exact) mass is 382 g/mol. The number of nitrogens with zero attached hydrogens (tertiary/aromatic N) is 5. The molecule has 1 aromatic carbocycles. The smallest absolute Gasteiger partial charge is 0.244 e. The summed E-state index contributed by atoms with van der Waals surface area (Å²) in [4.78, 5) is 14.4. The molecule has 7 nitrogen and oxygen atoms in total. The highest BCUT2D eigenvalue weighted by molar-refractivity contribution is 6.32. The molecule has 4 rings (SSSR count). The maximum Gasteiger partial charge on any atom is 0.244 e. The number of amides is 1. The average Bonchev–Trinajstić information content (AvgIpc) is 3.35. The molecule has 1 aliphatic rings. The third kappa shape index (κ3) is 3.93. The molecule has 8 heteroatoms. The lowest BCUT2D eigenvalue weighted by Crippen LogP contribution is -2.23. The Morgan fingerprint density at radius 1 is 1.15 bits per heavy atom. The molecule has 1 N–H and O–H groups in total. The lowest BCUT2D eigenvalue weighted by molar-refractivity contribution is -0.116. The van der Waals surface area contributed by atoms with Crippen LogP contribution in [0.4, 0.5) is 5.82 Å². The number of anilines is 1. The second-order valence-electron chi connectivity index (χ2n) is 6.34. The van der Waals surface area contributed by atoms with Crippen LogP contribution in [0.5, 0.6) is 0 Å². The molecule has 1 fully saturated rings. The van der Waals surface area contributed by atoms with E-state index in [2.05, 4.69) is 25.5 Å². The van der Waals surface area contributed by atoms with Gasteiger partial charge in [-0.25, -0.2) is 0 Å². The summed E-state index contributed by atoms with van der Waals surface area (Å²) in [6.07, 6.45) is 5.50. The third-order valence-corrected chi connectivity index (χ3v) is 4.83. The van der Waals surface area contributed by atoms with Gasteiger partial charge in [0.25, 0.3) is 0 Å². The molecule has 1 amide bonds. The van der Waals surface area contributed by atoms with Gasteiger partial charge in [0, 0.05) is 24.2 Å². The van der Waals surface area contributed by atoms with Gasteiger partial charge >= 0.3 is 0 Å². The molecule has 0 unspecified atom stereocenters. The van der Waals surface area contributed by atoms with Gasteiger partial charge < -0.3 is 10.2 Å². The lowest BCUT2D eigenvalue weighted by Gasteiger charge is -2.15. The van der Waals surface area contributed by atoms with E-state index in [1.54, 1.807) is 16.7 Å². The topological polar surface area (TPSA) is 75.4 Å². The van der Waals surface area contributed by atoms with Gasteiger partial charge in [-0.05, 0) is 42.7 Å². The molecule has 27 heavy (non-hydrogen) atoms. The molecule has 0 saturated carbocycles. The summed E-state index contributed by atoms with van der Waals surface area (Å²) in [6.45, 7) is 2.27. The molecule has 0 spiro atoms. The highest BCUT2D eigenvalue weighted by Gasteiger charge is 2.15. The van der Waals surface area contributed by atoms with Crippen LogP contribution in [0.25, 0.3) is 11.7 Å². The number of hydrogen-bond donors (Lipinski definition) is 1. The number of nitrogens with one attached hydrogen (secondary N) is 1. The molecule has 0 radical (unpaired) electrons. The lowest BCUT2D eigenvalue weighted by atomic mass is 10.2. The van der Waals surface area contributed by atoms with Crippen LogP contribution >= 0.6 is 11.6 Å². The van der Waals surface area contributed by atoms with Gasteiger partial charge in [-0.2, -0.15) is 4.52 Å². The maximum atomic E-state index is 12.1. The number of hydrogen-bond acceptors (Lipinski definition) is 5. The van der Waals surface area contributed by atoms with E-state index >= 15 is 0 Å². The Labute approximate surface area is 161 Å². The molecule has 1 saturated heterocycles. The first-order chi connectivity index (χ1) is 13.2. The first-order valence-corrected chi connectivity index (χ1v) is 9.25. The van der Waals surface area contributed by atoms with Crippen molar-refractivity contribution in [2.24, 2.45) is 0 Å². The number of halogens is 1. The predicted molar refractivity (Wildman–Crippen MR) is 105 cm³/mol. The number of rotatable bonds is 5. The number of fused-ring (bicyclic) bond motifs is 1. The molecular formula is C19H19ClN6O. The molecular weight excluding hydrogens is 364 g/mol. The van der Waals surface area contributed by atoms with Gasteiger partial charge in [-0.3, -0.25) is 4.79 Å². The van der Waals surface area contributed by atoms with Gasteiger partial charge in [-0.15, -0.1) is 15.3 Å². The van der Waals surface area contributed by atoms with Crippen molar-refractivity contribution in [1.29, 1.82) is 0 Å². The highest BCUT2D eigenvalue weighted by atomic mass is 35.5. The Morgan fingerprint density at radius 3 is 2.78 bits per heavy atom. The van der Waals surface area contributed by atoms with Crippen LogP contribution in [0, 0.1) is 0 Å². The third-order valence-electron chi connectivity index (χ3n) is 4.48. The van der Waals surface area contributed by atoms with Gasteiger partial charge in [0.1, 0.15) is 5.82 Å². The number of carbonyl (C=O) groups excluding carboxylic acids is 1. The van der Waals surface area contributed by atoms with Gasteiger partial charge in [0.05, 0.1) is 6.54 Å². The van der Waals surface area contributed by atoms with Crippen molar-refractivity contribution in [2.75, 3.05) is 18.0 Å². The van der Waals surface area contributed by atoms with Crippen molar-refractivity contribution in [2.45, 2.75) is 19.4 Å². The molecule has 3 aromatic rings. The molecule has 138 valence electrons. The van der Waals surface area contributed by atoms with Gasteiger partial charge in [-0.1, -0.05) is 29.8 Å². The summed E-state index contributed by atoms with van der Waals surface area (Å²) >= 11 is 6.08. The second kappa shape index (κ2) is 7.75. The summed E-state index contributed by atoms with van der Waals surface area (Å²) in [5.41, 5.74) is 1.45. The van der Waals surface area contributed by atoms with Gasteiger partial charge in [0.2, 0.25) is 5.91 Å². The van der Waals surface area contributed by atoms with Crippen LogP contribution in [0.3, 0.4) is 0 Å². The number of benzene rings is 1. The minimum Gasteiger partial charge on any atom is -0.355 e. The van der Waals surface area contributed by atoms with E-state index < -0.39 is 0 Å². The van der Waals surface area contributed by atoms with Crippen LogP contribution in [0.2, 0.25) is 5.02 Å². The zero-order chi connectivity index (χ0) is 18.6. The van der Waals surface area contributed by atoms with E-state index in [1.807, 2.05) is 30.3 Å². The Morgan fingerprint density at radius 2 is 1.96 bits per heavy atom. The van der Waals surface area contributed by atoms with Crippen LogP contribution in [-0.2, 0) is 11.3 Å². The first-order valence-electron chi connectivity index (χ1n) is 8.87. The van der Waals surface area contributed by atoms with Crippen LogP contribution in [0.15, 0.2) is 42.5 Å². The van der Waals surface area contributed by atoms with E-state index in [1.165, 1.54) is 18.9 Å². The zero-order valence-electron chi connectivity index (χ0n) is 14.7. The largest absolute Gasteiger partial charge is 0.355 e. The van der Waals surface area contributed by atoms with E-state index in [0.717, 1.165) is 24.5 Å². The van der Waals surface area contributed by atoms with Crippen LogP contribution < -0.4 is 10.2 Å². The fourth-order valence-electron chi connectivity index (χ4n) is 3.05. The van der Waals surface area contributed by atoms with E-state index in [9.17, 15) is 4.79 Å². The van der Waals surface area contributed by atoms with Crippen molar-refractivity contribution in [1.82, 2.24) is 25.1 Å². The molecule has 0 atom stereocenters. The fourth-order valence-corrected chi connectivity index (χ4v) is 3.25. The minimum atomic E-state index is -0.234. The Hall–Kier alpha value is -2.93. The number of carbonyl (C=O) groups is 1. The SMILES string of the molecule is O=C(/C=C/c1ccccc1Cl)NCc1nnc2ccc(N3CCCC3)nn12. The zero-order valence-corrected chi connectivity index (χ0v) is 15.4. The molecule has 2 aromatic heterocycles. The molecule has 0 aliphatic carbocycles. The van der Waals surface area contributed by atoms with Gasteiger partial charge in [0.15, 0.2) is 11.5 Å². The normalized spacial score (nSPS) is 14.3. The maximum absolute atomic E-state index is 12.1. The minimum absolute atomic E-state index is 0.234. The van der Waals surface area contributed by atoms with E-state index in [4.69, 9.17) is 11.6 Å². The molecule has 1 aliphatic heterocycles. The Balaban J connectivity index is 1.44. The summed E-state index contributed by atoms with van der Waals surface area (Å²) < 4.78 is 1.69. The first kappa shape index (κ1) is 17.5. The highest BCUT2D eigenvalue weighted by Crippen LogP contribution is 2.18. The van der Waals surface area contributed by atoms with Crippen molar-refractivity contribution < 1.29 is 4.79 Å². The van der Waals surface area contributed by atoms with Crippen LogP contribution in [-0.4, -0.2) is 38.8 Å². The predicted octanol–water partition coefficient (Wildman–Crippen LogP) is 2.71. The van der Waals surface area contributed by atoms with E-state index in [-0.39, 0.29) is 12.5 Å². The van der Waals surface area contributed by atoms with E-state index in [0.29, 0.717) is 16.5 Å². The summed E-state index contributed by atoms with van der Waals surface area (Å²) in [7, 11) is 0. The number of aromatic nitrogens is 4.